The largest absolute Gasteiger partial charge is 0.350 e. The van der Waals surface area contributed by atoms with Gasteiger partial charge in [-0.25, -0.2) is 4.39 Å². The van der Waals surface area contributed by atoms with Crippen LogP contribution in [-0.4, -0.2) is 29.0 Å². The van der Waals surface area contributed by atoms with Crippen molar-refractivity contribution in [1.82, 2.24) is 15.6 Å². The van der Waals surface area contributed by atoms with Crippen molar-refractivity contribution in [2.45, 2.75) is 43.7 Å². The van der Waals surface area contributed by atoms with Crippen LogP contribution in [0.1, 0.15) is 53.6 Å². The van der Waals surface area contributed by atoms with Gasteiger partial charge in [0.15, 0.2) is 0 Å². The molecule has 1 amide bonds. The zero-order valence-electron chi connectivity index (χ0n) is 15.1. The highest BCUT2D eigenvalue weighted by atomic mass is 19.1. The molecule has 5 heteroatoms. The van der Waals surface area contributed by atoms with Crippen molar-refractivity contribution < 1.29 is 9.18 Å². The summed E-state index contributed by atoms with van der Waals surface area (Å²) in [6.07, 6.45) is 9.05. The molecular formula is C22H22FN3O. The smallest absolute Gasteiger partial charge is 0.254 e. The molecule has 0 spiro atoms. The van der Waals surface area contributed by atoms with E-state index in [0.29, 0.717) is 18.2 Å². The van der Waals surface area contributed by atoms with Gasteiger partial charge in [-0.15, -0.1) is 0 Å². The van der Waals surface area contributed by atoms with Crippen molar-refractivity contribution >= 4 is 5.91 Å². The van der Waals surface area contributed by atoms with Gasteiger partial charge in [0.2, 0.25) is 0 Å². The van der Waals surface area contributed by atoms with Gasteiger partial charge in [0.1, 0.15) is 5.82 Å². The number of hydrogen-bond donors (Lipinski definition) is 2. The third-order valence-corrected chi connectivity index (χ3v) is 5.23. The third-order valence-electron chi connectivity index (χ3n) is 5.23. The van der Waals surface area contributed by atoms with Crippen LogP contribution in [0.25, 0.3) is 0 Å². The third kappa shape index (κ3) is 4.35. The van der Waals surface area contributed by atoms with Crippen LogP contribution >= 0.6 is 0 Å². The van der Waals surface area contributed by atoms with Gasteiger partial charge in [0.05, 0.1) is 5.56 Å². The number of halogens is 1. The SMILES string of the molecule is O=C(NCC1(NC2CC2)CCC1)c1ccc(C#Cc2ccncc2)cc1F. The van der Waals surface area contributed by atoms with Gasteiger partial charge in [0, 0.05) is 41.6 Å². The molecule has 0 atom stereocenters. The minimum Gasteiger partial charge on any atom is -0.350 e. The maximum Gasteiger partial charge on any atom is 0.254 e. The lowest BCUT2D eigenvalue weighted by molar-refractivity contribution is 0.0907. The summed E-state index contributed by atoms with van der Waals surface area (Å²) in [5, 5.41) is 6.54. The van der Waals surface area contributed by atoms with E-state index in [1.807, 2.05) is 0 Å². The summed E-state index contributed by atoms with van der Waals surface area (Å²) in [5.74, 6) is 4.95. The molecule has 2 aliphatic rings. The van der Waals surface area contributed by atoms with E-state index in [0.717, 1.165) is 18.4 Å². The average Bonchev–Trinajstić information content (AvgIpc) is 3.47. The summed E-state index contributed by atoms with van der Waals surface area (Å²) < 4.78 is 14.4. The maximum atomic E-state index is 14.4. The fraction of sp³-hybridized carbons (Fsp3) is 0.364. The first kappa shape index (κ1) is 17.7. The Morgan fingerprint density at radius 2 is 1.89 bits per heavy atom. The van der Waals surface area contributed by atoms with Gasteiger partial charge in [-0.05, 0) is 62.4 Å². The number of benzene rings is 1. The van der Waals surface area contributed by atoms with Crippen LogP contribution in [0.4, 0.5) is 4.39 Å². The molecule has 0 radical (unpaired) electrons. The molecule has 4 nitrogen and oxygen atoms in total. The highest BCUT2D eigenvalue weighted by molar-refractivity contribution is 5.94. The molecule has 4 rings (SSSR count). The van der Waals surface area contributed by atoms with Crippen LogP contribution in [0.5, 0.6) is 0 Å². The van der Waals surface area contributed by atoms with Gasteiger partial charge in [-0.2, -0.15) is 0 Å². The van der Waals surface area contributed by atoms with E-state index in [4.69, 9.17) is 0 Å². The Bertz CT molecular complexity index is 893. The van der Waals surface area contributed by atoms with Crippen LogP contribution in [0.3, 0.4) is 0 Å². The van der Waals surface area contributed by atoms with Crippen LogP contribution in [0.2, 0.25) is 0 Å². The van der Waals surface area contributed by atoms with Gasteiger partial charge in [0.25, 0.3) is 5.91 Å². The van der Waals surface area contributed by atoms with E-state index in [1.165, 1.54) is 31.4 Å². The number of pyridine rings is 1. The molecule has 2 aromatic rings. The predicted molar refractivity (Wildman–Crippen MR) is 102 cm³/mol. The quantitative estimate of drug-likeness (QED) is 0.803. The van der Waals surface area contributed by atoms with Crippen molar-refractivity contribution in [1.29, 1.82) is 0 Å². The molecule has 138 valence electrons. The Hall–Kier alpha value is -2.71. The van der Waals surface area contributed by atoms with Crippen molar-refractivity contribution in [3.63, 3.8) is 0 Å². The highest BCUT2D eigenvalue weighted by Crippen LogP contribution is 2.35. The number of rotatable bonds is 5. The summed E-state index contributed by atoms with van der Waals surface area (Å²) >= 11 is 0. The van der Waals surface area contributed by atoms with Crippen LogP contribution in [0.15, 0.2) is 42.7 Å². The molecular weight excluding hydrogens is 341 g/mol. The molecule has 1 heterocycles. The Balaban J connectivity index is 1.40. The standard InChI is InChI=1S/C22H22FN3O/c23-20-14-17(3-2-16-8-12-24-13-9-16)4-7-19(20)21(27)25-15-22(10-1-11-22)26-18-5-6-18/h4,7-9,12-14,18,26H,1,5-6,10-11,15H2,(H,25,27). The monoisotopic (exact) mass is 363 g/mol. The topological polar surface area (TPSA) is 54.0 Å². The fourth-order valence-electron chi connectivity index (χ4n) is 3.34. The summed E-state index contributed by atoms with van der Waals surface area (Å²) in [6, 6.07) is 8.66. The van der Waals surface area contributed by atoms with Crippen molar-refractivity contribution in [3.8, 4) is 11.8 Å². The lowest BCUT2D eigenvalue weighted by Gasteiger charge is -2.43. The number of nitrogens with one attached hydrogen (secondary N) is 2. The molecule has 0 aliphatic heterocycles. The summed E-state index contributed by atoms with van der Waals surface area (Å²) in [5.41, 5.74) is 1.40. The van der Waals surface area contributed by atoms with Gasteiger partial charge in [-0.3, -0.25) is 9.78 Å². The van der Waals surface area contributed by atoms with E-state index in [1.54, 1.807) is 30.6 Å². The normalized spacial score (nSPS) is 17.4. The number of nitrogens with zero attached hydrogens (tertiary/aromatic N) is 1. The molecule has 2 fully saturated rings. The molecule has 0 unspecified atom stereocenters. The molecule has 1 aromatic carbocycles. The maximum absolute atomic E-state index is 14.4. The minimum absolute atomic E-state index is 0.00323. The summed E-state index contributed by atoms with van der Waals surface area (Å²) in [6.45, 7) is 0.547. The Labute approximate surface area is 158 Å². The zero-order chi connectivity index (χ0) is 18.7. The molecule has 2 N–H and O–H groups in total. The van der Waals surface area contributed by atoms with Crippen molar-refractivity contribution in [3.05, 3.63) is 65.2 Å². The zero-order valence-corrected chi connectivity index (χ0v) is 15.1. The van der Waals surface area contributed by atoms with E-state index in [9.17, 15) is 9.18 Å². The fourth-order valence-corrected chi connectivity index (χ4v) is 3.34. The number of carbonyl (C=O) groups excluding carboxylic acids is 1. The molecule has 2 aliphatic carbocycles. The average molecular weight is 363 g/mol. The Morgan fingerprint density at radius 1 is 1.15 bits per heavy atom. The number of amides is 1. The summed E-state index contributed by atoms with van der Waals surface area (Å²) in [4.78, 5) is 16.4. The lowest BCUT2D eigenvalue weighted by atomic mass is 9.76. The van der Waals surface area contributed by atoms with Gasteiger partial charge in [-0.1, -0.05) is 11.8 Å². The highest BCUT2D eigenvalue weighted by Gasteiger charge is 2.41. The molecule has 0 bridgehead atoms. The number of hydrogen-bond acceptors (Lipinski definition) is 3. The second-order valence-corrected chi connectivity index (χ2v) is 7.42. The first-order valence-electron chi connectivity index (χ1n) is 9.41. The number of carbonyl (C=O) groups is 1. The van der Waals surface area contributed by atoms with Crippen molar-refractivity contribution in [2.24, 2.45) is 0 Å². The number of aromatic nitrogens is 1. The second-order valence-electron chi connectivity index (χ2n) is 7.42. The van der Waals surface area contributed by atoms with E-state index in [2.05, 4.69) is 27.5 Å². The van der Waals surface area contributed by atoms with E-state index in [-0.39, 0.29) is 17.0 Å². The molecule has 1 aromatic heterocycles. The lowest BCUT2D eigenvalue weighted by Crippen LogP contribution is -2.58. The van der Waals surface area contributed by atoms with Crippen LogP contribution in [0, 0.1) is 17.7 Å². The van der Waals surface area contributed by atoms with E-state index >= 15 is 0 Å². The van der Waals surface area contributed by atoms with Crippen LogP contribution < -0.4 is 10.6 Å². The molecule has 2 saturated carbocycles. The first-order chi connectivity index (χ1) is 13.1. The second kappa shape index (κ2) is 7.50. The van der Waals surface area contributed by atoms with E-state index < -0.39 is 5.82 Å². The van der Waals surface area contributed by atoms with Gasteiger partial charge < -0.3 is 10.6 Å². The molecule has 0 saturated heterocycles. The Kier molecular flexibility index (Phi) is 4.91. The summed E-state index contributed by atoms with van der Waals surface area (Å²) in [7, 11) is 0. The van der Waals surface area contributed by atoms with Crippen molar-refractivity contribution in [2.75, 3.05) is 6.54 Å². The minimum atomic E-state index is -0.549. The van der Waals surface area contributed by atoms with Crippen LogP contribution in [-0.2, 0) is 0 Å². The van der Waals surface area contributed by atoms with Gasteiger partial charge >= 0.3 is 0 Å². The first-order valence-corrected chi connectivity index (χ1v) is 9.41. The predicted octanol–water partition coefficient (Wildman–Crippen LogP) is 3.03. The Morgan fingerprint density at radius 3 is 2.52 bits per heavy atom. The molecule has 27 heavy (non-hydrogen) atoms.